The lowest BCUT2D eigenvalue weighted by molar-refractivity contribution is -0.138. The van der Waals surface area contributed by atoms with Crippen LogP contribution >= 0.6 is 11.8 Å². The predicted octanol–water partition coefficient (Wildman–Crippen LogP) is 2.72. The van der Waals surface area contributed by atoms with E-state index in [-0.39, 0.29) is 17.6 Å². The Morgan fingerprint density at radius 2 is 2.03 bits per heavy atom. The Morgan fingerprint density at radius 3 is 2.66 bits per heavy atom. The number of rotatable bonds is 5. The highest BCUT2D eigenvalue weighted by Gasteiger charge is 2.40. The largest absolute Gasteiger partial charge is 0.416 e. The molecule has 1 unspecified atom stereocenters. The molecule has 0 radical (unpaired) electrons. The molecule has 2 aliphatic rings. The minimum absolute atomic E-state index is 0.0148. The van der Waals surface area contributed by atoms with Crippen LogP contribution in [0.15, 0.2) is 23.2 Å². The quantitative estimate of drug-likeness (QED) is 0.424. The summed E-state index contributed by atoms with van der Waals surface area (Å²) in [6.07, 6.45) is -3.57. The fraction of sp³-hybridized carbons (Fsp3) is 0.632. The monoisotopic (exact) mass is 434 g/mol. The summed E-state index contributed by atoms with van der Waals surface area (Å²) in [5.74, 6) is 1.59. The number of guanidine groups is 1. The number of hydrogen-bond acceptors (Lipinski definition) is 4. The number of nitrogens with one attached hydrogen (secondary N) is 2. The van der Waals surface area contributed by atoms with Crippen LogP contribution in [0.25, 0.3) is 0 Å². The number of ether oxygens (including phenoxy) is 1. The predicted molar refractivity (Wildman–Crippen MR) is 107 cm³/mol. The minimum atomic E-state index is -4.61. The molecule has 1 aromatic carbocycles. The molecule has 0 bridgehead atoms. The van der Waals surface area contributed by atoms with E-state index in [2.05, 4.69) is 20.5 Å². The van der Waals surface area contributed by atoms with Gasteiger partial charge < -0.3 is 15.4 Å². The zero-order chi connectivity index (χ0) is 20.9. The molecule has 0 saturated carbocycles. The van der Waals surface area contributed by atoms with E-state index in [0.29, 0.717) is 31.8 Å². The van der Waals surface area contributed by atoms with E-state index in [1.807, 2.05) is 11.8 Å². The van der Waals surface area contributed by atoms with Crippen molar-refractivity contribution in [1.29, 1.82) is 0 Å². The van der Waals surface area contributed by atoms with Crippen LogP contribution in [0.4, 0.5) is 17.6 Å². The van der Waals surface area contributed by atoms with E-state index in [1.165, 1.54) is 0 Å². The van der Waals surface area contributed by atoms with Gasteiger partial charge in [-0.3, -0.25) is 9.89 Å². The molecule has 10 heteroatoms. The summed E-state index contributed by atoms with van der Waals surface area (Å²) in [5, 5.41) is 6.21. The first-order chi connectivity index (χ1) is 13.8. The summed E-state index contributed by atoms with van der Waals surface area (Å²) in [4.78, 5) is 6.58. The van der Waals surface area contributed by atoms with Gasteiger partial charge >= 0.3 is 6.18 Å². The summed E-state index contributed by atoms with van der Waals surface area (Å²) in [6, 6.07) is 2.71. The fourth-order valence-corrected chi connectivity index (χ4v) is 5.23. The Hall–Kier alpha value is -1.52. The van der Waals surface area contributed by atoms with Crippen LogP contribution in [0.1, 0.15) is 17.5 Å². The third-order valence-corrected chi connectivity index (χ3v) is 6.63. The SMILES string of the molecule is CN=C(NCc1ccc(F)cc1C(F)(F)F)NCC1(N2CCOCC2)CCSC1. The molecule has 162 valence electrons. The number of morpholine rings is 1. The van der Waals surface area contributed by atoms with Crippen molar-refractivity contribution in [3.63, 3.8) is 0 Å². The highest BCUT2D eigenvalue weighted by atomic mass is 32.2. The van der Waals surface area contributed by atoms with Gasteiger partial charge in [0.1, 0.15) is 5.82 Å². The molecular weight excluding hydrogens is 408 g/mol. The van der Waals surface area contributed by atoms with E-state index < -0.39 is 17.6 Å². The molecule has 0 spiro atoms. The van der Waals surface area contributed by atoms with Gasteiger partial charge in [-0.15, -0.1) is 0 Å². The smallest absolute Gasteiger partial charge is 0.379 e. The molecule has 0 aromatic heterocycles. The number of benzene rings is 1. The van der Waals surface area contributed by atoms with Crippen LogP contribution in [-0.4, -0.2) is 67.8 Å². The molecule has 1 aromatic rings. The second-order valence-corrected chi connectivity index (χ2v) is 8.31. The van der Waals surface area contributed by atoms with Gasteiger partial charge in [0.2, 0.25) is 0 Å². The van der Waals surface area contributed by atoms with Crippen molar-refractivity contribution in [2.45, 2.75) is 24.7 Å². The zero-order valence-electron chi connectivity index (χ0n) is 16.3. The molecule has 1 atom stereocenters. The fourth-order valence-electron chi connectivity index (χ4n) is 3.75. The van der Waals surface area contributed by atoms with Gasteiger partial charge in [0.15, 0.2) is 5.96 Å². The molecule has 3 rings (SSSR count). The van der Waals surface area contributed by atoms with Gasteiger partial charge in [-0.05, 0) is 29.9 Å². The third-order valence-electron chi connectivity index (χ3n) is 5.40. The van der Waals surface area contributed by atoms with Gasteiger partial charge in [0.25, 0.3) is 0 Å². The van der Waals surface area contributed by atoms with Crippen molar-refractivity contribution in [2.24, 2.45) is 4.99 Å². The van der Waals surface area contributed by atoms with Crippen LogP contribution in [0, 0.1) is 5.82 Å². The van der Waals surface area contributed by atoms with Gasteiger partial charge in [0.05, 0.1) is 18.8 Å². The van der Waals surface area contributed by atoms with Crippen LogP contribution in [0.5, 0.6) is 0 Å². The number of halogens is 4. The van der Waals surface area contributed by atoms with E-state index in [1.54, 1.807) is 7.05 Å². The Labute approximate surface area is 172 Å². The van der Waals surface area contributed by atoms with Crippen molar-refractivity contribution in [2.75, 3.05) is 51.4 Å². The summed E-state index contributed by atoms with van der Waals surface area (Å²) < 4.78 is 58.3. The summed E-state index contributed by atoms with van der Waals surface area (Å²) in [7, 11) is 1.58. The molecular formula is C19H26F4N4OS. The molecule has 2 N–H and O–H groups in total. The number of hydrogen-bond donors (Lipinski definition) is 2. The van der Waals surface area contributed by atoms with E-state index in [0.717, 1.165) is 43.1 Å². The number of nitrogens with zero attached hydrogens (tertiary/aromatic N) is 2. The van der Waals surface area contributed by atoms with Crippen LogP contribution in [-0.2, 0) is 17.5 Å². The second-order valence-electron chi connectivity index (χ2n) is 7.20. The van der Waals surface area contributed by atoms with Crippen LogP contribution in [0.3, 0.4) is 0 Å². The Kier molecular flexibility index (Phi) is 7.28. The van der Waals surface area contributed by atoms with E-state index in [4.69, 9.17) is 4.74 Å². The molecule has 5 nitrogen and oxygen atoms in total. The maximum atomic E-state index is 13.3. The number of thioether (sulfide) groups is 1. The standard InChI is InChI=1S/C19H26F4N4OS/c1-24-17(25-11-14-2-3-15(20)10-16(14)19(21,22)23)26-12-18(4-9-29-13-18)27-5-7-28-8-6-27/h2-3,10H,4-9,11-13H2,1H3,(H2,24,25,26). The minimum Gasteiger partial charge on any atom is -0.379 e. The first-order valence-electron chi connectivity index (χ1n) is 9.55. The van der Waals surface area contributed by atoms with Crippen LogP contribution in [0.2, 0.25) is 0 Å². The Bertz CT molecular complexity index is 717. The molecule has 2 saturated heterocycles. The number of aliphatic imine (C=N–C) groups is 1. The van der Waals surface area contributed by atoms with Crippen molar-refractivity contribution in [3.05, 3.63) is 35.1 Å². The average Bonchev–Trinajstić information content (AvgIpc) is 3.19. The lowest BCUT2D eigenvalue weighted by atomic mass is 9.95. The highest BCUT2D eigenvalue weighted by Crippen LogP contribution is 2.34. The van der Waals surface area contributed by atoms with Crippen molar-refractivity contribution >= 4 is 17.7 Å². The molecule has 2 heterocycles. The lowest BCUT2D eigenvalue weighted by Crippen LogP contribution is -2.60. The first-order valence-corrected chi connectivity index (χ1v) is 10.7. The number of alkyl halides is 3. The van der Waals surface area contributed by atoms with Gasteiger partial charge in [-0.25, -0.2) is 4.39 Å². The summed E-state index contributed by atoms with van der Waals surface area (Å²) >= 11 is 1.91. The van der Waals surface area contributed by atoms with Crippen LogP contribution < -0.4 is 10.6 Å². The first kappa shape index (κ1) is 22.2. The molecule has 29 heavy (non-hydrogen) atoms. The maximum absolute atomic E-state index is 13.3. The van der Waals surface area contributed by atoms with Crippen molar-refractivity contribution < 1.29 is 22.3 Å². The normalized spacial score (nSPS) is 24.0. The summed E-state index contributed by atoms with van der Waals surface area (Å²) in [5.41, 5.74) is -1.02. The highest BCUT2D eigenvalue weighted by molar-refractivity contribution is 7.99. The topological polar surface area (TPSA) is 48.9 Å². The molecule has 2 aliphatic heterocycles. The molecule has 0 aliphatic carbocycles. The van der Waals surface area contributed by atoms with E-state index >= 15 is 0 Å². The third kappa shape index (κ3) is 5.55. The Balaban J connectivity index is 1.63. The summed E-state index contributed by atoms with van der Waals surface area (Å²) in [6.45, 7) is 3.72. The Morgan fingerprint density at radius 1 is 1.28 bits per heavy atom. The lowest BCUT2D eigenvalue weighted by Gasteiger charge is -2.43. The van der Waals surface area contributed by atoms with Gasteiger partial charge in [-0.2, -0.15) is 24.9 Å². The van der Waals surface area contributed by atoms with Gasteiger partial charge in [0, 0.05) is 44.5 Å². The maximum Gasteiger partial charge on any atom is 0.416 e. The van der Waals surface area contributed by atoms with Crippen molar-refractivity contribution in [1.82, 2.24) is 15.5 Å². The van der Waals surface area contributed by atoms with Gasteiger partial charge in [-0.1, -0.05) is 6.07 Å². The van der Waals surface area contributed by atoms with Crippen molar-refractivity contribution in [3.8, 4) is 0 Å². The molecule has 2 fully saturated rings. The second kappa shape index (κ2) is 9.53. The zero-order valence-corrected chi connectivity index (χ0v) is 17.1. The van der Waals surface area contributed by atoms with E-state index in [9.17, 15) is 17.6 Å². The average molecular weight is 435 g/mol. The molecule has 0 amide bonds.